The molecule has 0 atom stereocenters. The maximum atomic E-state index is 13.2. The molecule has 11 heteroatoms. The van der Waals surface area contributed by atoms with E-state index in [4.69, 9.17) is 14.7 Å². The summed E-state index contributed by atoms with van der Waals surface area (Å²) in [7, 11) is 0. The molecule has 0 fully saturated rings. The lowest BCUT2D eigenvalue weighted by Gasteiger charge is -2.22. The molecule has 0 aliphatic carbocycles. The van der Waals surface area contributed by atoms with Crippen LogP contribution in [-0.2, 0) is 32.4 Å². The first kappa shape index (κ1) is 36.2. The molecule has 0 spiro atoms. The van der Waals surface area contributed by atoms with Crippen LogP contribution in [0.25, 0.3) is 0 Å². The van der Waals surface area contributed by atoms with Gasteiger partial charge in [-0.3, -0.25) is 24.4 Å². The van der Waals surface area contributed by atoms with Crippen LogP contribution >= 0.6 is 0 Å². The van der Waals surface area contributed by atoms with Crippen molar-refractivity contribution in [3.8, 4) is 11.5 Å². The van der Waals surface area contributed by atoms with Gasteiger partial charge in [-0.1, -0.05) is 73.5 Å². The van der Waals surface area contributed by atoms with Crippen molar-refractivity contribution in [3.63, 3.8) is 0 Å². The predicted molar refractivity (Wildman–Crippen MR) is 186 cm³/mol. The van der Waals surface area contributed by atoms with E-state index in [0.717, 1.165) is 11.1 Å². The second-order valence-corrected chi connectivity index (χ2v) is 11.4. The molecule has 4 aromatic carbocycles. The Bertz CT molecular complexity index is 1510. The van der Waals surface area contributed by atoms with Crippen molar-refractivity contribution in [2.45, 2.75) is 51.7 Å². The zero-order chi connectivity index (χ0) is 34.7. The SMILES string of the molecule is O=C(CCCCCCC(=O)N(CC(=O)Nc1ccc(OCc2ccccc2)cc1)CC(=O)Nc1ccc(OCc2ccccc2)cc1)NO. The highest BCUT2D eigenvalue weighted by Crippen LogP contribution is 2.19. The van der Waals surface area contributed by atoms with Crippen LogP contribution in [0.2, 0.25) is 0 Å². The zero-order valence-corrected chi connectivity index (χ0v) is 27.3. The lowest BCUT2D eigenvalue weighted by Crippen LogP contribution is -2.42. The first-order chi connectivity index (χ1) is 23.9. The first-order valence-electron chi connectivity index (χ1n) is 16.2. The van der Waals surface area contributed by atoms with Gasteiger partial charge in [0.1, 0.15) is 37.8 Å². The minimum absolute atomic E-state index is 0.133. The molecular formula is C38H42N4O7. The highest BCUT2D eigenvalue weighted by molar-refractivity contribution is 5.98. The number of ether oxygens (including phenoxy) is 2. The van der Waals surface area contributed by atoms with E-state index in [1.54, 1.807) is 54.0 Å². The summed E-state index contributed by atoms with van der Waals surface area (Å²) in [6.07, 6.45) is 2.78. The van der Waals surface area contributed by atoms with E-state index in [1.807, 2.05) is 60.7 Å². The van der Waals surface area contributed by atoms with Crippen molar-refractivity contribution in [3.05, 3.63) is 120 Å². The van der Waals surface area contributed by atoms with Gasteiger partial charge in [-0.2, -0.15) is 0 Å². The lowest BCUT2D eigenvalue weighted by molar-refractivity contribution is -0.137. The Morgan fingerprint density at radius 1 is 0.531 bits per heavy atom. The van der Waals surface area contributed by atoms with Crippen LogP contribution in [-0.4, -0.2) is 46.8 Å². The second-order valence-electron chi connectivity index (χ2n) is 11.4. The Kier molecular flexibility index (Phi) is 14.7. The molecule has 0 saturated heterocycles. The molecule has 0 aliphatic rings. The van der Waals surface area contributed by atoms with E-state index >= 15 is 0 Å². The van der Waals surface area contributed by atoms with Crippen molar-refractivity contribution in [1.82, 2.24) is 10.4 Å². The van der Waals surface area contributed by atoms with Crippen molar-refractivity contribution < 1.29 is 33.9 Å². The summed E-state index contributed by atoms with van der Waals surface area (Å²) in [6, 6.07) is 33.4. The van der Waals surface area contributed by atoms with Crippen molar-refractivity contribution in [1.29, 1.82) is 0 Å². The number of unbranched alkanes of at least 4 members (excludes halogenated alkanes) is 3. The highest BCUT2D eigenvalue weighted by Gasteiger charge is 2.20. The molecule has 0 bridgehead atoms. The molecule has 0 saturated carbocycles. The van der Waals surface area contributed by atoms with Crippen molar-refractivity contribution in [2.75, 3.05) is 23.7 Å². The van der Waals surface area contributed by atoms with Gasteiger partial charge in [0.2, 0.25) is 23.6 Å². The molecule has 4 aromatic rings. The van der Waals surface area contributed by atoms with Crippen LogP contribution in [0.4, 0.5) is 11.4 Å². The number of hydrogen-bond acceptors (Lipinski definition) is 7. The normalized spacial score (nSPS) is 10.5. The molecule has 0 heterocycles. The molecule has 0 radical (unpaired) electrons. The van der Waals surface area contributed by atoms with Crippen LogP contribution in [0.5, 0.6) is 11.5 Å². The monoisotopic (exact) mass is 666 g/mol. The Morgan fingerprint density at radius 3 is 1.39 bits per heavy atom. The van der Waals surface area contributed by atoms with Crippen LogP contribution in [0.1, 0.15) is 49.7 Å². The Balaban J connectivity index is 1.29. The zero-order valence-electron chi connectivity index (χ0n) is 27.3. The fraction of sp³-hybridized carbons (Fsp3) is 0.263. The molecule has 0 aliphatic heterocycles. The minimum Gasteiger partial charge on any atom is -0.489 e. The summed E-state index contributed by atoms with van der Waals surface area (Å²) >= 11 is 0. The van der Waals surface area contributed by atoms with Gasteiger partial charge < -0.3 is 25.0 Å². The maximum Gasteiger partial charge on any atom is 0.244 e. The van der Waals surface area contributed by atoms with Gasteiger partial charge in [-0.25, -0.2) is 5.48 Å². The number of anilines is 2. The van der Waals surface area contributed by atoms with Crippen LogP contribution < -0.4 is 25.6 Å². The fourth-order valence-electron chi connectivity index (χ4n) is 4.86. The van der Waals surface area contributed by atoms with Gasteiger partial charge in [-0.15, -0.1) is 0 Å². The Labute approximate surface area is 286 Å². The third-order valence-electron chi connectivity index (χ3n) is 7.46. The minimum atomic E-state index is -0.456. The average molecular weight is 667 g/mol. The molecule has 4 N–H and O–H groups in total. The second kappa shape index (κ2) is 19.9. The van der Waals surface area contributed by atoms with Gasteiger partial charge >= 0.3 is 0 Å². The van der Waals surface area contributed by atoms with E-state index in [0.29, 0.717) is 61.8 Å². The molecule has 0 aromatic heterocycles. The molecule has 4 amide bonds. The third kappa shape index (κ3) is 13.5. The summed E-state index contributed by atoms with van der Waals surface area (Å²) < 4.78 is 11.6. The van der Waals surface area contributed by atoms with Crippen molar-refractivity contribution in [2.24, 2.45) is 0 Å². The van der Waals surface area contributed by atoms with Gasteiger partial charge in [-0.05, 0) is 72.5 Å². The van der Waals surface area contributed by atoms with E-state index in [2.05, 4.69) is 10.6 Å². The van der Waals surface area contributed by atoms with Crippen LogP contribution in [0, 0.1) is 0 Å². The number of nitrogens with zero attached hydrogens (tertiary/aromatic N) is 1. The largest absolute Gasteiger partial charge is 0.489 e. The standard InChI is InChI=1S/C38H42N4O7/c43-35(41-47)15-9-1-2-10-16-38(46)42(25-36(44)39-31-17-21-33(22-18-31)48-27-29-11-5-3-6-12-29)26-37(45)40-32-19-23-34(24-20-32)49-28-30-13-7-4-8-14-30/h3-8,11-14,17-24,47H,1-2,9-10,15-16,25-28H2,(H,39,44)(H,40,45)(H,41,43). The fourth-order valence-corrected chi connectivity index (χ4v) is 4.86. The van der Waals surface area contributed by atoms with Gasteiger partial charge in [0.15, 0.2) is 0 Å². The number of rotatable bonds is 19. The van der Waals surface area contributed by atoms with Gasteiger partial charge in [0, 0.05) is 24.2 Å². The Hall–Kier alpha value is -5.68. The molecule has 0 unspecified atom stereocenters. The number of hydroxylamine groups is 1. The van der Waals surface area contributed by atoms with E-state index in [-0.39, 0.29) is 31.8 Å². The quantitative estimate of drug-likeness (QED) is 0.0538. The number of hydrogen-bond donors (Lipinski definition) is 4. The molecule has 256 valence electrons. The third-order valence-corrected chi connectivity index (χ3v) is 7.46. The van der Waals surface area contributed by atoms with Gasteiger partial charge in [0.05, 0.1) is 0 Å². The first-order valence-corrected chi connectivity index (χ1v) is 16.2. The number of amides is 4. The van der Waals surface area contributed by atoms with E-state index < -0.39 is 17.7 Å². The topological polar surface area (TPSA) is 146 Å². The molecular weight excluding hydrogens is 624 g/mol. The highest BCUT2D eigenvalue weighted by atomic mass is 16.5. The van der Waals surface area contributed by atoms with E-state index in [1.165, 1.54) is 4.90 Å². The summed E-state index contributed by atoms with van der Waals surface area (Å²) in [5, 5.41) is 14.2. The van der Waals surface area contributed by atoms with Crippen LogP contribution in [0.15, 0.2) is 109 Å². The maximum absolute atomic E-state index is 13.2. The lowest BCUT2D eigenvalue weighted by atomic mass is 10.1. The number of benzene rings is 4. The molecule has 4 rings (SSSR count). The summed E-state index contributed by atoms with van der Waals surface area (Å²) in [4.78, 5) is 51.7. The number of nitrogens with one attached hydrogen (secondary N) is 3. The number of carbonyl (C=O) groups is 4. The molecule has 49 heavy (non-hydrogen) atoms. The predicted octanol–water partition coefficient (Wildman–Crippen LogP) is 6.10. The summed E-state index contributed by atoms with van der Waals surface area (Å²) in [6.45, 7) is 0.189. The summed E-state index contributed by atoms with van der Waals surface area (Å²) in [5.74, 6) is -0.412. The Morgan fingerprint density at radius 2 is 0.959 bits per heavy atom. The number of carbonyl (C=O) groups excluding carboxylic acids is 4. The van der Waals surface area contributed by atoms with Crippen molar-refractivity contribution >= 4 is 35.0 Å². The smallest absolute Gasteiger partial charge is 0.244 e. The van der Waals surface area contributed by atoms with E-state index in [9.17, 15) is 19.2 Å². The van der Waals surface area contributed by atoms with Crippen LogP contribution in [0.3, 0.4) is 0 Å². The average Bonchev–Trinajstić information content (AvgIpc) is 3.12. The molecule has 11 nitrogen and oxygen atoms in total. The summed E-state index contributed by atoms with van der Waals surface area (Å²) in [5.41, 5.74) is 4.72. The van der Waals surface area contributed by atoms with Gasteiger partial charge in [0.25, 0.3) is 0 Å².